The van der Waals surface area contributed by atoms with E-state index in [1.165, 1.54) is 0 Å². The lowest BCUT2D eigenvalue weighted by atomic mass is 10.1. The molecule has 2 aromatic heterocycles. The van der Waals surface area contributed by atoms with Crippen molar-refractivity contribution in [2.45, 2.75) is 13.3 Å². The molecule has 9 nitrogen and oxygen atoms in total. The Labute approximate surface area is 148 Å². The summed E-state index contributed by atoms with van der Waals surface area (Å²) >= 11 is 0. The van der Waals surface area contributed by atoms with Gasteiger partial charge in [0.25, 0.3) is 0 Å². The molecule has 26 heavy (non-hydrogen) atoms. The van der Waals surface area contributed by atoms with Crippen molar-refractivity contribution in [2.75, 3.05) is 13.7 Å². The number of aromatic nitrogens is 5. The van der Waals surface area contributed by atoms with Crippen LogP contribution in [0.2, 0.25) is 0 Å². The molecule has 1 aliphatic rings. The van der Waals surface area contributed by atoms with Crippen LogP contribution in [0.3, 0.4) is 0 Å². The predicted molar refractivity (Wildman–Crippen MR) is 89.2 cm³/mol. The Morgan fingerprint density at radius 3 is 2.88 bits per heavy atom. The first kappa shape index (κ1) is 16.0. The van der Waals surface area contributed by atoms with Gasteiger partial charge in [-0.2, -0.15) is 0 Å². The van der Waals surface area contributed by atoms with Gasteiger partial charge in [-0.1, -0.05) is 5.21 Å². The fraction of sp³-hybridized carbons (Fsp3) is 0.235. The molecule has 0 saturated carbocycles. The number of imidazole rings is 1. The minimum absolute atomic E-state index is 0.208. The first-order valence-corrected chi connectivity index (χ1v) is 7.99. The van der Waals surface area contributed by atoms with Gasteiger partial charge in [0.15, 0.2) is 12.0 Å². The van der Waals surface area contributed by atoms with Gasteiger partial charge in [0, 0.05) is 12.5 Å². The third kappa shape index (κ3) is 2.28. The van der Waals surface area contributed by atoms with Crippen molar-refractivity contribution >= 4 is 12.3 Å². The predicted octanol–water partition coefficient (Wildman–Crippen LogP) is 1.35. The topological polar surface area (TPSA) is 101 Å². The van der Waals surface area contributed by atoms with E-state index in [1.807, 2.05) is 6.07 Å². The summed E-state index contributed by atoms with van der Waals surface area (Å²) in [5.74, 6) is 0.122. The van der Waals surface area contributed by atoms with Gasteiger partial charge in [0.05, 0.1) is 36.5 Å². The maximum Gasteiger partial charge on any atom is 0.358 e. The summed E-state index contributed by atoms with van der Waals surface area (Å²) in [5.41, 5.74) is 3.01. The normalized spacial score (nSPS) is 11.8. The molecule has 0 amide bonds. The smallest absolute Gasteiger partial charge is 0.358 e. The lowest BCUT2D eigenvalue weighted by Gasteiger charge is -2.11. The zero-order valence-corrected chi connectivity index (χ0v) is 14.2. The van der Waals surface area contributed by atoms with E-state index < -0.39 is 5.97 Å². The molecule has 1 aromatic carbocycles. The van der Waals surface area contributed by atoms with Crippen LogP contribution in [0.15, 0.2) is 24.5 Å². The van der Waals surface area contributed by atoms with Gasteiger partial charge in [0.1, 0.15) is 17.8 Å². The summed E-state index contributed by atoms with van der Waals surface area (Å²) in [6.45, 7) is 1.98. The molecule has 0 radical (unpaired) electrons. The molecule has 0 fully saturated rings. The van der Waals surface area contributed by atoms with E-state index in [4.69, 9.17) is 9.47 Å². The maximum absolute atomic E-state index is 12.3. The van der Waals surface area contributed by atoms with Gasteiger partial charge in [-0.3, -0.25) is 9.36 Å². The van der Waals surface area contributed by atoms with Crippen LogP contribution in [0, 0.1) is 0 Å². The Balaban J connectivity index is 2.00. The molecule has 0 N–H and O–H groups in total. The van der Waals surface area contributed by atoms with Crippen molar-refractivity contribution in [2.24, 2.45) is 0 Å². The number of esters is 1. The monoisotopic (exact) mass is 353 g/mol. The highest BCUT2D eigenvalue weighted by atomic mass is 16.5. The van der Waals surface area contributed by atoms with Crippen LogP contribution in [0.5, 0.6) is 5.75 Å². The van der Waals surface area contributed by atoms with E-state index in [-0.39, 0.29) is 24.4 Å². The number of carbonyl (C=O) groups excluding carboxylic acids is 2. The molecular weight excluding hydrogens is 338 g/mol. The van der Waals surface area contributed by atoms with E-state index >= 15 is 0 Å². The van der Waals surface area contributed by atoms with Gasteiger partial charge >= 0.3 is 5.97 Å². The Kier molecular flexibility index (Phi) is 3.76. The number of fused-ring (bicyclic) bond motifs is 5. The second kappa shape index (κ2) is 6.10. The summed E-state index contributed by atoms with van der Waals surface area (Å²) in [6.07, 6.45) is 2.47. The van der Waals surface area contributed by atoms with Gasteiger partial charge < -0.3 is 9.47 Å². The molecule has 4 rings (SSSR count). The lowest BCUT2D eigenvalue weighted by molar-refractivity contribution is 0.0518. The van der Waals surface area contributed by atoms with E-state index in [2.05, 4.69) is 15.3 Å². The summed E-state index contributed by atoms with van der Waals surface area (Å²) in [4.78, 5) is 27.9. The third-order valence-electron chi connectivity index (χ3n) is 4.25. The van der Waals surface area contributed by atoms with Crippen LogP contribution in [-0.4, -0.2) is 50.5 Å². The van der Waals surface area contributed by atoms with Gasteiger partial charge in [-0.15, -0.1) is 5.10 Å². The second-order valence-corrected chi connectivity index (χ2v) is 5.61. The molecule has 0 atom stereocenters. The standard InChI is InChI=1S/C17H15N5O4/c1-3-26-17(24)16-15-7-13-11(8-23)19-20-22(13)14-6-10(25-2)4-5-12(14)21(15)9-18-16/h4-6,8-9H,3,7H2,1-2H3. The fourth-order valence-electron chi connectivity index (χ4n) is 3.05. The fourth-order valence-corrected chi connectivity index (χ4v) is 3.05. The number of rotatable bonds is 4. The van der Waals surface area contributed by atoms with Gasteiger partial charge in [-0.05, 0) is 19.1 Å². The highest BCUT2D eigenvalue weighted by Crippen LogP contribution is 2.32. The highest BCUT2D eigenvalue weighted by Gasteiger charge is 2.28. The summed E-state index contributed by atoms with van der Waals surface area (Å²) in [5, 5.41) is 8.05. The Bertz CT molecular complexity index is 1020. The van der Waals surface area contributed by atoms with Crippen molar-refractivity contribution < 1.29 is 19.1 Å². The first-order valence-electron chi connectivity index (χ1n) is 7.99. The molecular formula is C17H15N5O4. The Morgan fingerprint density at radius 2 is 2.15 bits per heavy atom. The molecule has 0 saturated heterocycles. The number of benzene rings is 1. The van der Waals surface area contributed by atoms with Gasteiger partial charge in [-0.25, -0.2) is 14.5 Å². The summed E-state index contributed by atoms with van der Waals surface area (Å²) in [6, 6.07) is 5.43. The van der Waals surface area contributed by atoms with Crippen LogP contribution in [-0.2, 0) is 11.2 Å². The van der Waals surface area contributed by atoms with Crippen LogP contribution < -0.4 is 4.74 Å². The molecule has 3 heterocycles. The van der Waals surface area contributed by atoms with Crippen molar-refractivity contribution in [3.8, 4) is 17.1 Å². The third-order valence-corrected chi connectivity index (χ3v) is 4.25. The molecule has 1 aliphatic heterocycles. The minimum Gasteiger partial charge on any atom is -0.497 e. The number of carbonyl (C=O) groups is 2. The summed E-state index contributed by atoms with van der Waals surface area (Å²) < 4.78 is 13.8. The van der Waals surface area contributed by atoms with Crippen molar-refractivity contribution in [1.82, 2.24) is 24.5 Å². The Hall–Kier alpha value is -3.49. The SMILES string of the molecule is CCOC(=O)c1ncn2c1Cc1c(C=O)nnn1-c1cc(OC)ccc1-2. The van der Waals surface area contributed by atoms with Crippen molar-refractivity contribution in [3.05, 3.63) is 47.3 Å². The average Bonchev–Trinajstić information content (AvgIpc) is 3.23. The molecule has 132 valence electrons. The number of hydrogen-bond donors (Lipinski definition) is 0. The van der Waals surface area contributed by atoms with Gasteiger partial charge in [0.2, 0.25) is 0 Å². The van der Waals surface area contributed by atoms with Crippen molar-refractivity contribution in [1.29, 1.82) is 0 Å². The zero-order valence-electron chi connectivity index (χ0n) is 14.2. The quantitative estimate of drug-likeness (QED) is 0.403. The number of ether oxygens (including phenoxy) is 2. The number of hydrogen-bond acceptors (Lipinski definition) is 7. The molecule has 0 unspecified atom stereocenters. The van der Waals surface area contributed by atoms with Crippen LogP contribution in [0.1, 0.15) is 39.3 Å². The number of methoxy groups -OCH3 is 1. The highest BCUT2D eigenvalue weighted by molar-refractivity contribution is 5.89. The largest absolute Gasteiger partial charge is 0.497 e. The molecule has 0 bridgehead atoms. The van der Waals surface area contributed by atoms with E-state index in [0.717, 1.165) is 5.69 Å². The first-order chi connectivity index (χ1) is 12.7. The molecule has 0 aliphatic carbocycles. The number of nitrogens with zero attached hydrogens (tertiary/aromatic N) is 5. The lowest BCUT2D eigenvalue weighted by Crippen LogP contribution is -2.10. The average molecular weight is 353 g/mol. The van der Waals surface area contributed by atoms with E-state index in [1.54, 1.807) is 41.7 Å². The molecule has 0 spiro atoms. The summed E-state index contributed by atoms with van der Waals surface area (Å²) in [7, 11) is 1.57. The minimum atomic E-state index is -0.509. The molecule has 3 aromatic rings. The van der Waals surface area contributed by atoms with Crippen molar-refractivity contribution in [3.63, 3.8) is 0 Å². The van der Waals surface area contributed by atoms with Crippen LogP contribution in [0.25, 0.3) is 11.4 Å². The zero-order chi connectivity index (χ0) is 18.3. The molecule has 9 heteroatoms. The van der Waals surface area contributed by atoms with Crippen LogP contribution in [0.4, 0.5) is 0 Å². The Morgan fingerprint density at radius 1 is 1.31 bits per heavy atom. The number of aldehydes is 1. The maximum atomic E-state index is 12.3. The van der Waals surface area contributed by atoms with E-state index in [0.29, 0.717) is 29.1 Å². The second-order valence-electron chi connectivity index (χ2n) is 5.61. The van der Waals surface area contributed by atoms with Crippen LogP contribution >= 0.6 is 0 Å². The van der Waals surface area contributed by atoms with E-state index in [9.17, 15) is 9.59 Å².